The van der Waals surface area contributed by atoms with E-state index in [-0.39, 0.29) is 5.41 Å². The third-order valence-corrected chi connectivity index (χ3v) is 3.75. The van der Waals surface area contributed by atoms with Crippen molar-refractivity contribution in [2.45, 2.75) is 47.0 Å². The minimum absolute atomic E-state index is 0.171. The van der Waals surface area contributed by atoms with Crippen molar-refractivity contribution in [3.8, 4) is 0 Å². The van der Waals surface area contributed by atoms with Crippen LogP contribution in [-0.4, -0.2) is 30.3 Å². The van der Waals surface area contributed by atoms with E-state index in [0.29, 0.717) is 5.78 Å². The molecule has 0 N–H and O–H groups in total. The van der Waals surface area contributed by atoms with Crippen molar-refractivity contribution in [3.05, 3.63) is 0 Å². The minimum atomic E-state index is -0.171. The zero-order valence-corrected chi connectivity index (χ0v) is 10.7. The molecule has 0 aliphatic carbocycles. The summed E-state index contributed by atoms with van der Waals surface area (Å²) in [6.07, 6.45) is 3.94. The molecule has 1 saturated heterocycles. The van der Waals surface area contributed by atoms with Crippen molar-refractivity contribution in [2.24, 2.45) is 11.3 Å². The molecule has 1 aliphatic heterocycles. The minimum Gasteiger partial charge on any atom is -0.302 e. The monoisotopic (exact) mass is 211 g/mol. The van der Waals surface area contributed by atoms with Crippen LogP contribution in [-0.2, 0) is 4.79 Å². The zero-order chi connectivity index (χ0) is 11.5. The molecule has 0 aromatic heterocycles. The van der Waals surface area contributed by atoms with Gasteiger partial charge in [-0.25, -0.2) is 0 Å². The highest BCUT2D eigenvalue weighted by molar-refractivity contribution is 5.81. The normalized spacial score (nSPS) is 24.1. The van der Waals surface area contributed by atoms with Gasteiger partial charge in [-0.2, -0.15) is 0 Å². The van der Waals surface area contributed by atoms with E-state index in [1.54, 1.807) is 6.92 Å². The van der Waals surface area contributed by atoms with Gasteiger partial charge in [0.1, 0.15) is 5.78 Å². The smallest absolute Gasteiger partial charge is 0.136 e. The summed E-state index contributed by atoms with van der Waals surface area (Å²) in [6, 6.07) is 0. The number of rotatable bonds is 4. The molecule has 2 nitrogen and oxygen atoms in total. The van der Waals surface area contributed by atoms with E-state index >= 15 is 0 Å². The zero-order valence-electron chi connectivity index (χ0n) is 10.7. The third-order valence-electron chi connectivity index (χ3n) is 3.75. The molecule has 0 aromatic carbocycles. The van der Waals surface area contributed by atoms with Crippen molar-refractivity contribution in [2.75, 3.05) is 19.6 Å². The molecule has 88 valence electrons. The molecule has 0 spiro atoms. The molecule has 15 heavy (non-hydrogen) atoms. The average Bonchev–Trinajstić information content (AvgIpc) is 2.17. The van der Waals surface area contributed by atoms with E-state index in [0.717, 1.165) is 12.5 Å². The van der Waals surface area contributed by atoms with Gasteiger partial charge in [-0.15, -0.1) is 0 Å². The van der Waals surface area contributed by atoms with Crippen LogP contribution in [0, 0.1) is 11.3 Å². The Morgan fingerprint density at radius 1 is 1.47 bits per heavy atom. The van der Waals surface area contributed by atoms with Gasteiger partial charge in [-0.05, 0) is 32.2 Å². The van der Waals surface area contributed by atoms with Gasteiger partial charge in [-0.1, -0.05) is 27.2 Å². The molecule has 2 heteroatoms. The molecule has 0 radical (unpaired) electrons. The SMILES string of the molecule is CCC1CCCN(CC(C)(C)C(C)=O)C1. The Kier molecular flexibility index (Phi) is 4.32. The molecule has 0 saturated carbocycles. The molecule has 1 rings (SSSR count). The van der Waals surface area contributed by atoms with Crippen LogP contribution in [0.2, 0.25) is 0 Å². The number of carbonyl (C=O) groups excluding carboxylic acids is 1. The van der Waals surface area contributed by atoms with Crippen LogP contribution in [0.25, 0.3) is 0 Å². The maximum atomic E-state index is 11.5. The summed E-state index contributed by atoms with van der Waals surface area (Å²) in [4.78, 5) is 13.9. The summed E-state index contributed by atoms with van der Waals surface area (Å²) < 4.78 is 0. The Labute approximate surface area is 94.0 Å². The lowest BCUT2D eigenvalue weighted by Gasteiger charge is -2.36. The summed E-state index contributed by atoms with van der Waals surface area (Å²) in [5.41, 5.74) is -0.171. The fraction of sp³-hybridized carbons (Fsp3) is 0.923. The fourth-order valence-corrected chi connectivity index (χ4v) is 2.30. The van der Waals surface area contributed by atoms with Crippen LogP contribution in [0.1, 0.15) is 47.0 Å². The second kappa shape index (κ2) is 5.11. The van der Waals surface area contributed by atoms with Gasteiger partial charge in [0.25, 0.3) is 0 Å². The number of nitrogens with zero attached hydrogens (tertiary/aromatic N) is 1. The van der Waals surface area contributed by atoms with Gasteiger partial charge >= 0.3 is 0 Å². The number of hydrogen-bond acceptors (Lipinski definition) is 2. The van der Waals surface area contributed by atoms with Gasteiger partial charge in [0.15, 0.2) is 0 Å². The third kappa shape index (κ3) is 3.60. The van der Waals surface area contributed by atoms with Crippen molar-refractivity contribution >= 4 is 5.78 Å². The lowest BCUT2D eigenvalue weighted by molar-refractivity contribution is -0.126. The molecule has 1 fully saturated rings. The Bertz CT molecular complexity index is 223. The maximum Gasteiger partial charge on any atom is 0.136 e. The van der Waals surface area contributed by atoms with Crippen molar-refractivity contribution < 1.29 is 4.79 Å². The summed E-state index contributed by atoms with van der Waals surface area (Å²) in [7, 11) is 0. The molecule has 0 aromatic rings. The molecule has 0 amide bonds. The van der Waals surface area contributed by atoms with Crippen LogP contribution in [0.5, 0.6) is 0 Å². The molecular weight excluding hydrogens is 186 g/mol. The average molecular weight is 211 g/mol. The first-order valence-electron chi connectivity index (χ1n) is 6.19. The van der Waals surface area contributed by atoms with Crippen molar-refractivity contribution in [1.82, 2.24) is 4.90 Å². The Morgan fingerprint density at radius 2 is 2.13 bits per heavy atom. The van der Waals surface area contributed by atoms with Gasteiger partial charge in [0.2, 0.25) is 0 Å². The number of hydrogen-bond donors (Lipinski definition) is 0. The standard InChI is InChI=1S/C13H25NO/c1-5-12-7-6-8-14(9-12)10-13(3,4)11(2)15/h12H,5-10H2,1-4H3. The number of ketones is 1. The predicted molar refractivity (Wildman–Crippen MR) is 63.9 cm³/mol. The van der Waals surface area contributed by atoms with Crippen molar-refractivity contribution in [3.63, 3.8) is 0 Å². The van der Waals surface area contributed by atoms with Crippen LogP contribution in [0.3, 0.4) is 0 Å². The molecule has 1 atom stereocenters. The molecule has 1 heterocycles. The van der Waals surface area contributed by atoms with Gasteiger partial charge < -0.3 is 4.90 Å². The number of likely N-dealkylation sites (tertiary alicyclic amines) is 1. The first kappa shape index (κ1) is 12.7. The highest BCUT2D eigenvalue weighted by atomic mass is 16.1. The largest absolute Gasteiger partial charge is 0.302 e. The Hall–Kier alpha value is -0.370. The van der Waals surface area contributed by atoms with E-state index in [9.17, 15) is 4.79 Å². The first-order chi connectivity index (χ1) is 6.95. The number of piperidine rings is 1. The second-order valence-corrected chi connectivity index (χ2v) is 5.59. The highest BCUT2D eigenvalue weighted by Gasteiger charge is 2.28. The quantitative estimate of drug-likeness (QED) is 0.712. The van der Waals surface area contributed by atoms with Crippen LogP contribution in [0.4, 0.5) is 0 Å². The summed E-state index contributed by atoms with van der Waals surface area (Å²) in [5.74, 6) is 1.16. The van der Waals surface area contributed by atoms with Crippen LogP contribution < -0.4 is 0 Å². The fourth-order valence-electron chi connectivity index (χ4n) is 2.30. The van der Waals surface area contributed by atoms with Gasteiger partial charge in [-0.3, -0.25) is 4.79 Å². The summed E-state index contributed by atoms with van der Waals surface area (Å²) in [5, 5.41) is 0. The lowest BCUT2D eigenvalue weighted by atomic mass is 9.86. The predicted octanol–water partition coefficient (Wildman–Crippen LogP) is 2.72. The van der Waals surface area contributed by atoms with E-state index < -0.39 is 0 Å². The molecular formula is C13H25NO. The highest BCUT2D eigenvalue weighted by Crippen LogP contribution is 2.24. The van der Waals surface area contributed by atoms with E-state index in [2.05, 4.69) is 25.7 Å². The number of Topliss-reactive ketones (excluding diaryl/α,β-unsaturated/α-hetero) is 1. The topological polar surface area (TPSA) is 20.3 Å². The van der Waals surface area contributed by atoms with E-state index in [4.69, 9.17) is 0 Å². The van der Waals surface area contributed by atoms with Gasteiger partial charge in [0.05, 0.1) is 0 Å². The number of carbonyl (C=O) groups is 1. The Morgan fingerprint density at radius 3 is 2.67 bits per heavy atom. The molecule has 1 aliphatic rings. The lowest BCUT2D eigenvalue weighted by Crippen LogP contribution is -2.43. The first-order valence-corrected chi connectivity index (χ1v) is 6.19. The van der Waals surface area contributed by atoms with Crippen LogP contribution >= 0.6 is 0 Å². The second-order valence-electron chi connectivity index (χ2n) is 5.59. The summed E-state index contributed by atoms with van der Waals surface area (Å²) >= 11 is 0. The van der Waals surface area contributed by atoms with E-state index in [1.807, 2.05) is 0 Å². The molecule has 0 bridgehead atoms. The van der Waals surface area contributed by atoms with Gasteiger partial charge in [0, 0.05) is 18.5 Å². The molecule has 1 unspecified atom stereocenters. The van der Waals surface area contributed by atoms with Crippen LogP contribution in [0.15, 0.2) is 0 Å². The Balaban J connectivity index is 2.47. The van der Waals surface area contributed by atoms with Crippen molar-refractivity contribution in [1.29, 1.82) is 0 Å². The maximum absolute atomic E-state index is 11.5. The van der Waals surface area contributed by atoms with E-state index in [1.165, 1.54) is 32.4 Å². The summed E-state index contributed by atoms with van der Waals surface area (Å²) in [6.45, 7) is 11.4.